The molecular weight excluding hydrogens is 574 g/mol. The first-order valence-electron chi connectivity index (χ1n) is 15.2. The highest BCUT2D eigenvalue weighted by atomic mass is 16.4. The molecule has 13 heteroatoms. The average molecular weight is 616 g/mol. The number of nitrogens with two attached hydrogens (primary N) is 1. The summed E-state index contributed by atoms with van der Waals surface area (Å²) in [5, 5.41) is 28.2. The molecule has 0 bridgehead atoms. The van der Waals surface area contributed by atoms with Crippen LogP contribution < -0.4 is 16.4 Å². The first-order valence-corrected chi connectivity index (χ1v) is 15.2. The number of aliphatic carboxylic acids is 1. The molecule has 2 aromatic carbocycles. The molecule has 1 amide bonds. The number of aromatic nitrogens is 4. The Morgan fingerprint density at radius 2 is 1.58 bits per heavy atom. The number of para-hydroxylation sites is 1. The van der Waals surface area contributed by atoms with Gasteiger partial charge >= 0.3 is 6.09 Å². The van der Waals surface area contributed by atoms with E-state index in [2.05, 4.69) is 42.1 Å². The van der Waals surface area contributed by atoms with Crippen LogP contribution >= 0.6 is 0 Å². The molecule has 0 atom stereocenters. The summed E-state index contributed by atoms with van der Waals surface area (Å²) in [7, 11) is 2.20. The van der Waals surface area contributed by atoms with Gasteiger partial charge in [-0.05, 0) is 56.5 Å². The number of anilines is 3. The van der Waals surface area contributed by atoms with E-state index in [9.17, 15) is 4.79 Å². The predicted octanol–water partition coefficient (Wildman–Crippen LogP) is 4.60. The molecule has 3 heterocycles. The third-order valence-electron chi connectivity index (χ3n) is 8.48. The van der Waals surface area contributed by atoms with Crippen LogP contribution in [0.3, 0.4) is 0 Å². The third kappa shape index (κ3) is 7.86. The van der Waals surface area contributed by atoms with Crippen molar-refractivity contribution in [3.05, 3.63) is 60.4 Å². The Hall–Kier alpha value is -4.75. The lowest BCUT2D eigenvalue weighted by molar-refractivity contribution is -0.134. The van der Waals surface area contributed by atoms with Crippen LogP contribution in [0.25, 0.3) is 22.3 Å². The first kappa shape index (κ1) is 31.7. The van der Waals surface area contributed by atoms with Gasteiger partial charge in [-0.25, -0.2) is 19.4 Å². The largest absolute Gasteiger partial charge is 0.481 e. The number of amides is 1. The minimum atomic E-state index is -1.08. The minimum Gasteiger partial charge on any atom is -0.481 e. The lowest BCUT2D eigenvalue weighted by Crippen LogP contribution is -2.49. The van der Waals surface area contributed by atoms with Crippen molar-refractivity contribution < 1.29 is 19.8 Å². The van der Waals surface area contributed by atoms with Gasteiger partial charge in [0.2, 0.25) is 0 Å². The summed E-state index contributed by atoms with van der Waals surface area (Å²) in [5.41, 5.74) is 11.2. The Bertz CT molecular complexity index is 1600. The SMILES string of the molecule is CC(=O)O.CN1CCN(C2CCC(n3nc(-c4ccc(NCc5ccccc5NC(=O)O)cc4)c4c(N)ncnc43)CC2)CC1. The number of hydrogen-bond donors (Lipinski definition) is 5. The molecule has 1 aliphatic heterocycles. The van der Waals surface area contributed by atoms with Crippen LogP contribution in [0.15, 0.2) is 54.9 Å². The van der Waals surface area contributed by atoms with Crippen LogP contribution in [-0.4, -0.2) is 91.1 Å². The number of fused-ring (bicyclic) bond motifs is 1. The minimum absolute atomic E-state index is 0.282. The number of rotatable bonds is 7. The van der Waals surface area contributed by atoms with Gasteiger partial charge in [-0.1, -0.05) is 30.3 Å². The summed E-state index contributed by atoms with van der Waals surface area (Å²) in [4.78, 5) is 34.1. The molecule has 45 heavy (non-hydrogen) atoms. The maximum absolute atomic E-state index is 11.1. The molecule has 2 aliphatic rings. The molecular formula is C32H41N9O4. The van der Waals surface area contributed by atoms with E-state index < -0.39 is 12.1 Å². The highest BCUT2D eigenvalue weighted by Gasteiger charge is 2.30. The molecule has 2 fully saturated rings. The van der Waals surface area contributed by atoms with E-state index in [0.717, 1.165) is 92.3 Å². The predicted molar refractivity (Wildman–Crippen MR) is 174 cm³/mol. The Balaban J connectivity index is 0.000000945. The summed E-state index contributed by atoms with van der Waals surface area (Å²) >= 11 is 0. The normalized spacial score (nSPS) is 19.0. The number of piperazine rings is 1. The third-order valence-corrected chi connectivity index (χ3v) is 8.48. The van der Waals surface area contributed by atoms with Crippen LogP contribution in [0.4, 0.5) is 22.0 Å². The van der Waals surface area contributed by atoms with Crippen LogP contribution in [0.5, 0.6) is 0 Å². The standard InChI is InChI=1S/C30H37N9O2.C2H4O2/c1-37-14-16-38(17-15-37)23-10-12-24(13-11-23)39-29-26(28(31)33-19-34-29)27(36-39)20-6-8-22(9-7-20)32-18-21-4-2-3-5-25(21)35-30(40)41;1-2(3)4/h2-9,19,23-24,32,35H,10-18H2,1H3,(H,40,41)(H2,31,33,34);1H3,(H,3,4). The molecule has 0 spiro atoms. The molecule has 6 rings (SSSR count). The second-order valence-corrected chi connectivity index (χ2v) is 11.6. The molecule has 1 saturated heterocycles. The van der Waals surface area contributed by atoms with E-state index in [-0.39, 0.29) is 6.04 Å². The molecule has 0 unspecified atom stereocenters. The molecule has 238 valence electrons. The van der Waals surface area contributed by atoms with E-state index >= 15 is 0 Å². The lowest BCUT2D eigenvalue weighted by Gasteiger charge is -2.41. The van der Waals surface area contributed by atoms with Crippen molar-refractivity contribution >= 4 is 40.3 Å². The molecule has 0 radical (unpaired) electrons. The quantitative estimate of drug-likeness (QED) is 0.196. The Morgan fingerprint density at radius 1 is 0.933 bits per heavy atom. The summed E-state index contributed by atoms with van der Waals surface area (Å²) in [6.07, 6.45) is 4.91. The molecule has 2 aromatic heterocycles. The fourth-order valence-electron chi connectivity index (χ4n) is 6.16. The van der Waals surface area contributed by atoms with Gasteiger partial charge in [-0.2, -0.15) is 5.10 Å². The van der Waals surface area contributed by atoms with E-state index in [1.807, 2.05) is 42.5 Å². The van der Waals surface area contributed by atoms with Gasteiger partial charge in [0.25, 0.3) is 5.97 Å². The van der Waals surface area contributed by atoms with Crippen molar-refractivity contribution in [3.63, 3.8) is 0 Å². The van der Waals surface area contributed by atoms with Gasteiger partial charge in [0.05, 0.1) is 11.4 Å². The Labute approximate surface area is 262 Å². The topological polar surface area (TPSA) is 175 Å². The van der Waals surface area contributed by atoms with Gasteiger partial charge in [0.1, 0.15) is 17.8 Å². The van der Waals surface area contributed by atoms with E-state index in [1.54, 1.807) is 6.07 Å². The second-order valence-electron chi connectivity index (χ2n) is 11.6. The van der Waals surface area contributed by atoms with Crippen molar-refractivity contribution in [2.24, 2.45) is 0 Å². The van der Waals surface area contributed by atoms with Gasteiger partial charge in [0.15, 0.2) is 5.65 Å². The van der Waals surface area contributed by atoms with Crippen LogP contribution in [-0.2, 0) is 11.3 Å². The molecule has 1 aliphatic carbocycles. The molecule has 4 aromatic rings. The maximum Gasteiger partial charge on any atom is 0.409 e. The molecule has 1 saturated carbocycles. The van der Waals surface area contributed by atoms with Crippen LogP contribution in [0, 0.1) is 0 Å². The smallest absolute Gasteiger partial charge is 0.409 e. The number of carboxylic acids is 1. The zero-order valence-electron chi connectivity index (χ0n) is 25.7. The monoisotopic (exact) mass is 615 g/mol. The summed E-state index contributed by atoms with van der Waals surface area (Å²) in [6, 6.07) is 16.3. The van der Waals surface area contributed by atoms with E-state index in [0.29, 0.717) is 24.1 Å². The number of hydrogen-bond acceptors (Lipinski definition) is 9. The molecule has 6 N–H and O–H groups in total. The van der Waals surface area contributed by atoms with Crippen LogP contribution in [0.1, 0.15) is 44.2 Å². The van der Waals surface area contributed by atoms with Gasteiger partial charge in [-0.3, -0.25) is 15.0 Å². The first-order chi connectivity index (χ1) is 21.7. The number of benzene rings is 2. The van der Waals surface area contributed by atoms with Gasteiger partial charge < -0.3 is 26.2 Å². The van der Waals surface area contributed by atoms with Crippen molar-refractivity contribution in [1.82, 2.24) is 29.5 Å². The number of likely N-dealkylation sites (N-methyl/N-ethyl adjacent to an activating group) is 1. The van der Waals surface area contributed by atoms with Crippen LogP contribution in [0.2, 0.25) is 0 Å². The van der Waals surface area contributed by atoms with E-state index in [4.69, 9.17) is 25.8 Å². The number of nitrogen functional groups attached to an aromatic ring is 1. The summed E-state index contributed by atoms with van der Waals surface area (Å²) in [6.45, 7) is 6.16. The number of nitrogens with zero attached hydrogens (tertiary/aromatic N) is 6. The zero-order chi connectivity index (χ0) is 31.9. The number of nitrogens with one attached hydrogen (secondary N) is 2. The average Bonchev–Trinajstić information content (AvgIpc) is 3.42. The lowest BCUT2D eigenvalue weighted by atomic mass is 9.90. The van der Waals surface area contributed by atoms with Crippen molar-refractivity contribution in [1.29, 1.82) is 0 Å². The molecule has 13 nitrogen and oxygen atoms in total. The maximum atomic E-state index is 11.1. The Kier molecular flexibility index (Phi) is 10.1. The fourth-order valence-corrected chi connectivity index (χ4v) is 6.16. The number of carboxylic acid groups (broad SMARTS) is 2. The van der Waals surface area contributed by atoms with Gasteiger partial charge in [0, 0.05) is 62.6 Å². The van der Waals surface area contributed by atoms with Crippen molar-refractivity contribution in [3.8, 4) is 11.3 Å². The zero-order valence-corrected chi connectivity index (χ0v) is 25.7. The van der Waals surface area contributed by atoms with Gasteiger partial charge in [-0.15, -0.1) is 0 Å². The highest BCUT2D eigenvalue weighted by molar-refractivity contribution is 5.98. The second kappa shape index (κ2) is 14.4. The summed E-state index contributed by atoms with van der Waals surface area (Å²) in [5.74, 6) is -0.396. The highest BCUT2D eigenvalue weighted by Crippen LogP contribution is 2.37. The van der Waals surface area contributed by atoms with E-state index in [1.165, 1.54) is 6.33 Å². The fraction of sp³-hybridized carbons (Fsp3) is 0.406. The summed E-state index contributed by atoms with van der Waals surface area (Å²) < 4.78 is 2.08. The number of carbonyl (C=O) groups is 2. The van der Waals surface area contributed by atoms with Crippen molar-refractivity contribution in [2.45, 2.75) is 51.2 Å². The van der Waals surface area contributed by atoms with Crippen molar-refractivity contribution in [2.75, 3.05) is 49.6 Å². The Morgan fingerprint density at radius 3 is 2.24 bits per heavy atom.